The van der Waals surface area contributed by atoms with E-state index < -0.39 is 6.67 Å². The van der Waals surface area contributed by atoms with Crippen molar-refractivity contribution in [1.29, 1.82) is 0 Å². The van der Waals surface area contributed by atoms with Gasteiger partial charge in [-0.15, -0.1) is 0 Å². The Bertz CT molecular complexity index is 504. The molecular formula is C17H19FN2O. The van der Waals surface area contributed by atoms with Gasteiger partial charge in [-0.05, 0) is 11.1 Å². The Morgan fingerprint density at radius 2 is 1.38 bits per heavy atom. The summed E-state index contributed by atoms with van der Waals surface area (Å²) in [4.78, 5) is 11.6. The van der Waals surface area contributed by atoms with E-state index in [1.165, 1.54) is 0 Å². The third-order valence-corrected chi connectivity index (χ3v) is 3.04. The predicted octanol–water partition coefficient (Wildman–Crippen LogP) is 3.08. The molecule has 0 atom stereocenters. The summed E-state index contributed by atoms with van der Waals surface area (Å²) in [6.07, 6.45) is -0.111. The SMILES string of the molecule is O=C(CCF)NN(Cc1ccccc1)Cc1ccccc1. The molecule has 1 amide bonds. The van der Waals surface area contributed by atoms with Gasteiger partial charge in [-0.3, -0.25) is 14.6 Å². The van der Waals surface area contributed by atoms with Crippen molar-refractivity contribution < 1.29 is 9.18 Å². The van der Waals surface area contributed by atoms with Crippen LogP contribution < -0.4 is 5.43 Å². The molecular weight excluding hydrogens is 267 g/mol. The lowest BCUT2D eigenvalue weighted by molar-refractivity contribution is -0.126. The van der Waals surface area contributed by atoms with Crippen LogP contribution in [0.1, 0.15) is 17.5 Å². The lowest BCUT2D eigenvalue weighted by Crippen LogP contribution is -2.41. The summed E-state index contributed by atoms with van der Waals surface area (Å²) in [7, 11) is 0. The second-order valence-electron chi connectivity index (χ2n) is 4.80. The van der Waals surface area contributed by atoms with E-state index in [4.69, 9.17) is 0 Å². The van der Waals surface area contributed by atoms with Crippen LogP contribution in [-0.2, 0) is 17.9 Å². The van der Waals surface area contributed by atoms with Crippen molar-refractivity contribution in [3.8, 4) is 0 Å². The highest BCUT2D eigenvalue weighted by atomic mass is 19.1. The zero-order valence-electron chi connectivity index (χ0n) is 11.8. The number of amides is 1. The zero-order chi connectivity index (χ0) is 14.9. The lowest BCUT2D eigenvalue weighted by Gasteiger charge is -2.23. The van der Waals surface area contributed by atoms with Gasteiger partial charge < -0.3 is 0 Å². The molecule has 4 heteroatoms. The van der Waals surface area contributed by atoms with Gasteiger partial charge in [-0.25, -0.2) is 5.01 Å². The third kappa shape index (κ3) is 5.36. The van der Waals surface area contributed by atoms with Crippen molar-refractivity contribution in [2.75, 3.05) is 6.67 Å². The van der Waals surface area contributed by atoms with Crippen LogP contribution in [0.15, 0.2) is 60.7 Å². The Kier molecular flexibility index (Phi) is 5.91. The number of carbonyl (C=O) groups excluding carboxylic acids is 1. The number of carbonyl (C=O) groups is 1. The van der Waals surface area contributed by atoms with Gasteiger partial charge in [0.2, 0.25) is 5.91 Å². The molecule has 0 saturated carbocycles. The summed E-state index contributed by atoms with van der Waals surface area (Å²) in [5, 5.41) is 1.81. The Morgan fingerprint density at radius 1 is 0.905 bits per heavy atom. The van der Waals surface area contributed by atoms with Crippen molar-refractivity contribution in [3.05, 3.63) is 71.8 Å². The maximum Gasteiger partial charge on any atom is 0.236 e. The molecule has 0 saturated heterocycles. The summed E-state index contributed by atoms with van der Waals surface area (Å²) < 4.78 is 12.3. The molecule has 0 heterocycles. The normalized spacial score (nSPS) is 10.6. The van der Waals surface area contributed by atoms with Gasteiger partial charge in [0.1, 0.15) is 0 Å². The standard InChI is InChI=1S/C17H19FN2O/c18-12-11-17(21)19-20(13-15-7-3-1-4-8-15)14-16-9-5-2-6-10-16/h1-10H,11-14H2,(H,19,21). The van der Waals surface area contributed by atoms with E-state index in [1.807, 2.05) is 65.7 Å². The first-order valence-corrected chi connectivity index (χ1v) is 6.96. The topological polar surface area (TPSA) is 32.3 Å². The summed E-state index contributed by atoms with van der Waals surface area (Å²) in [5.41, 5.74) is 4.95. The summed E-state index contributed by atoms with van der Waals surface area (Å²) >= 11 is 0. The van der Waals surface area contributed by atoms with Gasteiger partial charge >= 0.3 is 0 Å². The number of hydrazine groups is 1. The molecule has 0 aliphatic rings. The highest BCUT2D eigenvalue weighted by molar-refractivity contribution is 5.75. The molecule has 0 aromatic heterocycles. The number of hydrogen-bond donors (Lipinski definition) is 1. The van der Waals surface area contributed by atoms with E-state index >= 15 is 0 Å². The van der Waals surface area contributed by atoms with Crippen LogP contribution in [0.5, 0.6) is 0 Å². The minimum atomic E-state index is -0.643. The van der Waals surface area contributed by atoms with E-state index in [-0.39, 0.29) is 12.3 Å². The van der Waals surface area contributed by atoms with Gasteiger partial charge in [-0.2, -0.15) is 0 Å². The Labute approximate surface area is 124 Å². The fraction of sp³-hybridized carbons (Fsp3) is 0.235. The molecule has 21 heavy (non-hydrogen) atoms. The average molecular weight is 286 g/mol. The quantitative estimate of drug-likeness (QED) is 0.793. The van der Waals surface area contributed by atoms with Crippen LogP contribution in [0.3, 0.4) is 0 Å². The van der Waals surface area contributed by atoms with Crippen LogP contribution in [0.2, 0.25) is 0 Å². The van der Waals surface area contributed by atoms with Crippen LogP contribution in [0, 0.1) is 0 Å². The Hall–Kier alpha value is -2.20. The van der Waals surface area contributed by atoms with Crippen molar-refractivity contribution in [1.82, 2.24) is 10.4 Å². The summed E-state index contributed by atoms with van der Waals surface area (Å²) in [6, 6.07) is 19.7. The molecule has 0 spiro atoms. The molecule has 0 aliphatic carbocycles. The predicted molar refractivity (Wildman–Crippen MR) is 80.9 cm³/mol. The molecule has 0 bridgehead atoms. The van der Waals surface area contributed by atoms with E-state index in [1.54, 1.807) is 0 Å². The summed E-state index contributed by atoms with van der Waals surface area (Å²) in [6.45, 7) is 0.512. The molecule has 1 N–H and O–H groups in total. The van der Waals surface area contributed by atoms with E-state index in [2.05, 4.69) is 5.43 Å². The lowest BCUT2D eigenvalue weighted by atomic mass is 10.2. The smallest absolute Gasteiger partial charge is 0.236 e. The van der Waals surface area contributed by atoms with Gasteiger partial charge in [0.15, 0.2) is 0 Å². The molecule has 0 radical (unpaired) electrons. The Balaban J connectivity index is 2.04. The first-order chi connectivity index (χ1) is 10.3. The molecule has 0 fully saturated rings. The summed E-state index contributed by atoms with van der Waals surface area (Å²) in [5.74, 6) is -0.302. The second-order valence-corrected chi connectivity index (χ2v) is 4.80. The van der Waals surface area contributed by atoms with Gasteiger partial charge in [0, 0.05) is 13.1 Å². The second kappa shape index (κ2) is 8.17. The highest BCUT2D eigenvalue weighted by Gasteiger charge is 2.10. The fourth-order valence-electron chi connectivity index (χ4n) is 2.06. The molecule has 2 aromatic carbocycles. The fourth-order valence-corrected chi connectivity index (χ4v) is 2.06. The van der Waals surface area contributed by atoms with Crippen molar-refractivity contribution in [2.24, 2.45) is 0 Å². The van der Waals surface area contributed by atoms with E-state index in [0.29, 0.717) is 13.1 Å². The number of alkyl halides is 1. The first kappa shape index (κ1) is 15.2. The van der Waals surface area contributed by atoms with Gasteiger partial charge in [0.05, 0.1) is 13.1 Å². The third-order valence-electron chi connectivity index (χ3n) is 3.04. The van der Waals surface area contributed by atoms with Gasteiger partial charge in [0.25, 0.3) is 0 Å². The minimum absolute atomic E-state index is 0.111. The highest BCUT2D eigenvalue weighted by Crippen LogP contribution is 2.08. The average Bonchev–Trinajstić information content (AvgIpc) is 2.49. The molecule has 2 rings (SSSR count). The number of nitrogens with zero attached hydrogens (tertiary/aromatic N) is 1. The van der Waals surface area contributed by atoms with Crippen molar-refractivity contribution >= 4 is 5.91 Å². The maximum absolute atomic E-state index is 12.3. The number of hydrogen-bond acceptors (Lipinski definition) is 2. The first-order valence-electron chi connectivity index (χ1n) is 6.96. The number of halogens is 1. The van der Waals surface area contributed by atoms with Crippen LogP contribution in [0.4, 0.5) is 4.39 Å². The van der Waals surface area contributed by atoms with Crippen molar-refractivity contribution in [3.63, 3.8) is 0 Å². The monoisotopic (exact) mass is 286 g/mol. The largest absolute Gasteiger partial charge is 0.288 e. The molecule has 0 aliphatic heterocycles. The minimum Gasteiger partial charge on any atom is -0.288 e. The maximum atomic E-state index is 12.3. The van der Waals surface area contributed by atoms with E-state index in [0.717, 1.165) is 11.1 Å². The molecule has 110 valence electrons. The van der Waals surface area contributed by atoms with Crippen LogP contribution in [-0.4, -0.2) is 17.6 Å². The molecule has 0 unspecified atom stereocenters. The van der Waals surface area contributed by atoms with Crippen LogP contribution >= 0.6 is 0 Å². The number of benzene rings is 2. The Morgan fingerprint density at radius 3 is 1.81 bits per heavy atom. The van der Waals surface area contributed by atoms with Gasteiger partial charge in [-0.1, -0.05) is 60.7 Å². The van der Waals surface area contributed by atoms with E-state index in [9.17, 15) is 9.18 Å². The van der Waals surface area contributed by atoms with Crippen LogP contribution in [0.25, 0.3) is 0 Å². The molecule has 2 aromatic rings. The van der Waals surface area contributed by atoms with Crippen molar-refractivity contribution in [2.45, 2.75) is 19.5 Å². The number of nitrogens with one attached hydrogen (secondary N) is 1. The zero-order valence-corrected chi connectivity index (χ0v) is 11.8. The number of rotatable bonds is 7. The molecule has 3 nitrogen and oxygen atoms in total.